The zero-order chi connectivity index (χ0) is 19.4. The van der Waals surface area contributed by atoms with Gasteiger partial charge in [-0.15, -0.1) is 0 Å². The van der Waals surface area contributed by atoms with Crippen LogP contribution in [0.1, 0.15) is 43.6 Å². The van der Waals surface area contributed by atoms with E-state index in [1.807, 2.05) is 6.20 Å². The van der Waals surface area contributed by atoms with Crippen molar-refractivity contribution in [2.24, 2.45) is 17.8 Å². The van der Waals surface area contributed by atoms with Crippen LogP contribution in [-0.2, 0) is 11.3 Å². The maximum atomic E-state index is 5.95. The molecule has 2 aromatic heterocycles. The Hall–Kier alpha value is -1.92. The fraction of sp³-hybridized carbons (Fsp3) is 0.652. The molecule has 5 fully saturated rings. The first-order chi connectivity index (χ1) is 14.2. The van der Waals surface area contributed by atoms with Gasteiger partial charge in [0.1, 0.15) is 5.82 Å². The number of likely N-dealkylation sites (tertiary alicyclic amines) is 1. The van der Waals surface area contributed by atoms with Crippen LogP contribution in [0.3, 0.4) is 0 Å². The second kappa shape index (κ2) is 7.10. The van der Waals surface area contributed by atoms with E-state index in [1.165, 1.54) is 50.8 Å². The fourth-order valence-corrected chi connectivity index (χ4v) is 4.70. The minimum atomic E-state index is 0.626. The number of hydrogen-bond acceptors (Lipinski definition) is 5. The highest BCUT2D eigenvalue weighted by molar-refractivity contribution is 5.62. The molecule has 0 spiro atoms. The van der Waals surface area contributed by atoms with Crippen molar-refractivity contribution >= 4 is 5.82 Å². The van der Waals surface area contributed by atoms with Gasteiger partial charge < -0.3 is 10.5 Å². The van der Waals surface area contributed by atoms with Gasteiger partial charge in [0, 0.05) is 37.6 Å². The molecule has 2 aromatic rings. The molecule has 5 aliphatic rings. The second-order valence-electron chi connectivity index (χ2n) is 9.74. The first-order valence-electron chi connectivity index (χ1n) is 11.3. The van der Waals surface area contributed by atoms with Crippen molar-refractivity contribution in [2.75, 3.05) is 32.0 Å². The van der Waals surface area contributed by atoms with Crippen molar-refractivity contribution in [1.29, 1.82) is 0 Å². The van der Waals surface area contributed by atoms with Crippen LogP contribution < -0.4 is 5.73 Å². The third-order valence-corrected chi connectivity index (χ3v) is 7.19. The molecule has 2 N–H and O–H groups in total. The van der Waals surface area contributed by atoms with Gasteiger partial charge in [-0.3, -0.25) is 9.58 Å². The van der Waals surface area contributed by atoms with Crippen LogP contribution in [0.5, 0.6) is 0 Å². The van der Waals surface area contributed by atoms with Gasteiger partial charge in [-0.05, 0) is 73.5 Å². The number of anilines is 1. The molecule has 4 heterocycles. The van der Waals surface area contributed by atoms with Crippen molar-refractivity contribution in [2.45, 2.75) is 50.6 Å². The Balaban J connectivity index is 0.000000138. The molecule has 2 saturated heterocycles. The molecule has 0 aromatic carbocycles. The average molecular weight is 394 g/mol. The summed E-state index contributed by atoms with van der Waals surface area (Å²) in [4.78, 5) is 6.94. The number of hydrogen-bond donors (Lipinski definition) is 1. The largest absolute Gasteiger partial charge is 0.383 e. The van der Waals surface area contributed by atoms with Gasteiger partial charge in [0.2, 0.25) is 0 Å². The first-order valence-corrected chi connectivity index (χ1v) is 11.3. The van der Waals surface area contributed by atoms with E-state index in [0.717, 1.165) is 54.8 Å². The molecule has 6 heteroatoms. The Labute approximate surface area is 172 Å². The molecule has 0 bridgehead atoms. The Morgan fingerprint density at radius 2 is 1.90 bits per heavy atom. The highest BCUT2D eigenvalue weighted by Crippen LogP contribution is 2.46. The molecule has 0 amide bonds. The average Bonchev–Trinajstić information content (AvgIpc) is 3.60. The Kier molecular flexibility index (Phi) is 4.38. The van der Waals surface area contributed by atoms with Crippen molar-refractivity contribution in [3.05, 3.63) is 30.1 Å². The van der Waals surface area contributed by atoms with Crippen LogP contribution in [0.15, 0.2) is 24.5 Å². The standard InChI is InChI=1S/C15H18N4.C8H13NO/c16-15-13(11-3-4-11)7-12(8-17-15)14-5-6-19(18-14)9-10-1-2-10;1-6-2-9(3-7(1)6)8-4-10-5-8/h5-8,10-11H,1-4,9H2,(H2,16,17);6-8H,1-5H2. The minimum Gasteiger partial charge on any atom is -0.383 e. The summed E-state index contributed by atoms with van der Waals surface area (Å²) >= 11 is 0. The lowest BCUT2D eigenvalue weighted by molar-refractivity contribution is -0.0605. The summed E-state index contributed by atoms with van der Waals surface area (Å²) in [6, 6.07) is 5.04. The van der Waals surface area contributed by atoms with Crippen molar-refractivity contribution < 1.29 is 4.74 Å². The molecule has 0 radical (unpaired) electrons. The monoisotopic (exact) mass is 393 g/mol. The van der Waals surface area contributed by atoms with Crippen molar-refractivity contribution in [1.82, 2.24) is 19.7 Å². The molecule has 2 aliphatic heterocycles. The topological polar surface area (TPSA) is 69.2 Å². The number of piperidine rings is 1. The van der Waals surface area contributed by atoms with E-state index in [2.05, 4.69) is 38.0 Å². The SMILES string of the molecule is C1C2CN(C3COC3)CC12.Nc1ncc(-c2ccn(CC3CC3)n2)cc1C1CC1. The Morgan fingerprint density at radius 3 is 2.55 bits per heavy atom. The summed E-state index contributed by atoms with van der Waals surface area (Å²) in [5, 5.41) is 4.65. The van der Waals surface area contributed by atoms with Crippen LogP contribution in [-0.4, -0.2) is 52.0 Å². The number of nitrogen functional groups attached to an aromatic ring is 1. The molecule has 29 heavy (non-hydrogen) atoms. The summed E-state index contributed by atoms with van der Waals surface area (Å²) < 4.78 is 7.21. The number of pyridine rings is 1. The lowest BCUT2D eigenvalue weighted by Gasteiger charge is -2.35. The van der Waals surface area contributed by atoms with Gasteiger partial charge in [0.05, 0.1) is 24.9 Å². The summed E-state index contributed by atoms with van der Waals surface area (Å²) in [7, 11) is 0. The quantitative estimate of drug-likeness (QED) is 0.845. The van der Waals surface area contributed by atoms with E-state index < -0.39 is 0 Å². The van der Waals surface area contributed by atoms with Gasteiger partial charge in [-0.1, -0.05) is 0 Å². The van der Waals surface area contributed by atoms with Crippen LogP contribution in [0.25, 0.3) is 11.3 Å². The summed E-state index contributed by atoms with van der Waals surface area (Å²) in [6.45, 7) is 5.80. The fourth-order valence-electron chi connectivity index (χ4n) is 4.70. The van der Waals surface area contributed by atoms with E-state index in [-0.39, 0.29) is 0 Å². The number of fused-ring (bicyclic) bond motifs is 1. The third-order valence-electron chi connectivity index (χ3n) is 7.19. The van der Waals surface area contributed by atoms with E-state index in [4.69, 9.17) is 10.5 Å². The molecular formula is C23H31N5O. The van der Waals surface area contributed by atoms with E-state index >= 15 is 0 Å². The zero-order valence-electron chi connectivity index (χ0n) is 17.0. The van der Waals surface area contributed by atoms with Gasteiger partial charge in [-0.25, -0.2) is 4.98 Å². The number of aromatic nitrogens is 3. The summed E-state index contributed by atoms with van der Waals surface area (Å²) in [5.41, 5.74) is 9.25. The van der Waals surface area contributed by atoms with E-state index in [1.54, 1.807) is 0 Å². The summed E-state index contributed by atoms with van der Waals surface area (Å²) in [6.07, 6.45) is 10.6. The van der Waals surface area contributed by atoms with Crippen LogP contribution >= 0.6 is 0 Å². The lowest BCUT2D eigenvalue weighted by Crippen LogP contribution is -2.48. The molecule has 7 rings (SSSR count). The Bertz CT molecular complexity index is 873. The van der Waals surface area contributed by atoms with Crippen LogP contribution in [0, 0.1) is 17.8 Å². The zero-order valence-corrected chi connectivity index (χ0v) is 17.0. The smallest absolute Gasteiger partial charge is 0.126 e. The first kappa shape index (κ1) is 17.9. The van der Waals surface area contributed by atoms with Crippen LogP contribution in [0.2, 0.25) is 0 Å². The molecule has 3 aliphatic carbocycles. The number of nitrogens with zero attached hydrogens (tertiary/aromatic N) is 4. The highest BCUT2D eigenvalue weighted by atomic mass is 16.5. The second-order valence-corrected chi connectivity index (χ2v) is 9.74. The molecule has 3 saturated carbocycles. The maximum absolute atomic E-state index is 5.95. The number of rotatable bonds is 5. The number of ether oxygens (including phenoxy) is 1. The predicted molar refractivity (Wildman–Crippen MR) is 112 cm³/mol. The minimum absolute atomic E-state index is 0.626. The normalized spacial score (nSPS) is 28.4. The molecule has 154 valence electrons. The molecule has 2 unspecified atom stereocenters. The van der Waals surface area contributed by atoms with Crippen molar-refractivity contribution in [3.63, 3.8) is 0 Å². The van der Waals surface area contributed by atoms with Gasteiger partial charge in [-0.2, -0.15) is 5.10 Å². The number of nitrogens with two attached hydrogens (primary N) is 1. The maximum Gasteiger partial charge on any atom is 0.126 e. The molecule has 6 nitrogen and oxygen atoms in total. The van der Waals surface area contributed by atoms with Crippen molar-refractivity contribution in [3.8, 4) is 11.3 Å². The highest BCUT2D eigenvalue weighted by Gasteiger charge is 2.47. The third kappa shape index (κ3) is 3.92. The molecular weight excluding hydrogens is 362 g/mol. The molecule has 2 atom stereocenters. The van der Waals surface area contributed by atoms with Gasteiger partial charge in [0.25, 0.3) is 0 Å². The van der Waals surface area contributed by atoms with Gasteiger partial charge >= 0.3 is 0 Å². The predicted octanol–water partition coefficient (Wildman–Crippen LogP) is 3.15. The lowest BCUT2D eigenvalue weighted by atomic mass is 10.1. The van der Waals surface area contributed by atoms with Gasteiger partial charge in [0.15, 0.2) is 0 Å². The summed E-state index contributed by atoms with van der Waals surface area (Å²) in [5.74, 6) is 4.32. The van der Waals surface area contributed by atoms with E-state index in [9.17, 15) is 0 Å². The van der Waals surface area contributed by atoms with E-state index in [0.29, 0.717) is 11.7 Å². The Morgan fingerprint density at radius 1 is 1.10 bits per heavy atom. The van der Waals surface area contributed by atoms with Crippen LogP contribution in [0.4, 0.5) is 5.82 Å².